The molecule has 1 aromatic rings. The Kier molecular flexibility index (Phi) is 6.43. The van der Waals surface area contributed by atoms with Crippen molar-refractivity contribution in [2.75, 3.05) is 23.8 Å². The molecule has 3 heterocycles. The quantitative estimate of drug-likeness (QED) is 0.730. The van der Waals surface area contributed by atoms with Gasteiger partial charge >= 0.3 is 6.01 Å². The molecule has 0 saturated carbocycles. The lowest BCUT2D eigenvalue weighted by Crippen LogP contribution is -2.34. The van der Waals surface area contributed by atoms with Gasteiger partial charge in [0, 0.05) is 18.7 Å². The number of fused-ring (bicyclic) bond motifs is 1. The number of nitrogens with zero attached hydrogens (tertiary/aromatic N) is 3. The first-order chi connectivity index (χ1) is 13.3. The van der Waals surface area contributed by atoms with Gasteiger partial charge in [0.25, 0.3) is 0 Å². The molecule has 2 aliphatic heterocycles. The second kappa shape index (κ2) is 8.64. The summed E-state index contributed by atoms with van der Waals surface area (Å²) in [6.45, 7) is 9.89. The Morgan fingerprint density at radius 3 is 2.89 bits per heavy atom. The van der Waals surface area contributed by atoms with Gasteiger partial charge in [0.05, 0.1) is 18.1 Å². The Morgan fingerprint density at radius 2 is 2.18 bits per heavy atom. The number of anilines is 2. The predicted molar refractivity (Wildman–Crippen MR) is 109 cm³/mol. The van der Waals surface area contributed by atoms with Crippen molar-refractivity contribution in [2.45, 2.75) is 84.3 Å². The SMILES string of the molecule is CCC[C@H](C)Oc1nc(N)c2c(n1)N(CCCC1CCOC(C)(C)C1)C(=O)C2. The summed E-state index contributed by atoms with van der Waals surface area (Å²) in [7, 11) is 0. The van der Waals surface area contributed by atoms with Crippen LogP contribution in [0.15, 0.2) is 0 Å². The van der Waals surface area contributed by atoms with Crippen LogP contribution in [0.5, 0.6) is 6.01 Å². The van der Waals surface area contributed by atoms with Crippen LogP contribution in [0.3, 0.4) is 0 Å². The highest BCUT2D eigenvalue weighted by Crippen LogP contribution is 2.34. The van der Waals surface area contributed by atoms with Gasteiger partial charge in [-0.3, -0.25) is 9.69 Å². The molecule has 0 spiro atoms. The molecule has 7 nitrogen and oxygen atoms in total. The smallest absolute Gasteiger partial charge is 0.320 e. The average molecular weight is 391 g/mol. The van der Waals surface area contributed by atoms with Crippen LogP contribution in [0.4, 0.5) is 11.6 Å². The maximum atomic E-state index is 12.5. The molecule has 1 saturated heterocycles. The van der Waals surface area contributed by atoms with Crippen LogP contribution in [0.1, 0.15) is 71.8 Å². The van der Waals surface area contributed by atoms with Gasteiger partial charge in [0.2, 0.25) is 5.91 Å². The van der Waals surface area contributed by atoms with E-state index in [-0.39, 0.29) is 30.0 Å². The first kappa shape index (κ1) is 20.8. The minimum absolute atomic E-state index is 0.0184. The van der Waals surface area contributed by atoms with Crippen LogP contribution in [-0.2, 0) is 16.0 Å². The standard InChI is InChI=1S/C21H34N4O3/c1-5-7-14(2)28-20-23-18(22)16-12-17(26)25(19(16)24-20)10-6-8-15-9-11-27-21(3,4)13-15/h14-15H,5-13H2,1-4H3,(H2,22,23,24)/t14-,15?/m0/s1. The number of carbonyl (C=O) groups is 1. The number of amides is 1. The summed E-state index contributed by atoms with van der Waals surface area (Å²) >= 11 is 0. The summed E-state index contributed by atoms with van der Waals surface area (Å²) in [4.78, 5) is 23.1. The van der Waals surface area contributed by atoms with E-state index in [2.05, 4.69) is 30.7 Å². The molecule has 0 radical (unpaired) electrons. The highest BCUT2D eigenvalue weighted by molar-refractivity contribution is 6.01. The van der Waals surface area contributed by atoms with E-state index in [9.17, 15) is 4.79 Å². The number of nitrogens with two attached hydrogens (primary N) is 1. The van der Waals surface area contributed by atoms with Crippen molar-refractivity contribution in [2.24, 2.45) is 5.92 Å². The molecular formula is C21H34N4O3. The van der Waals surface area contributed by atoms with E-state index in [4.69, 9.17) is 15.2 Å². The van der Waals surface area contributed by atoms with Crippen molar-refractivity contribution in [3.63, 3.8) is 0 Å². The second-order valence-corrected chi connectivity index (χ2v) is 8.74. The molecule has 1 amide bonds. The van der Waals surface area contributed by atoms with Crippen molar-refractivity contribution in [3.05, 3.63) is 5.56 Å². The molecule has 1 fully saturated rings. The Bertz CT molecular complexity index is 707. The normalized spacial score (nSPS) is 22.2. The van der Waals surface area contributed by atoms with Crippen molar-refractivity contribution < 1.29 is 14.3 Å². The Morgan fingerprint density at radius 1 is 1.39 bits per heavy atom. The maximum absolute atomic E-state index is 12.5. The molecule has 28 heavy (non-hydrogen) atoms. The molecule has 2 atom stereocenters. The van der Waals surface area contributed by atoms with Crippen LogP contribution in [0, 0.1) is 5.92 Å². The summed E-state index contributed by atoms with van der Waals surface area (Å²) in [5.74, 6) is 1.67. The van der Waals surface area contributed by atoms with Gasteiger partial charge in [-0.25, -0.2) is 0 Å². The number of hydrogen-bond donors (Lipinski definition) is 1. The maximum Gasteiger partial charge on any atom is 0.320 e. The average Bonchev–Trinajstić information content (AvgIpc) is 2.91. The molecule has 1 aromatic heterocycles. The second-order valence-electron chi connectivity index (χ2n) is 8.74. The third-order valence-electron chi connectivity index (χ3n) is 5.68. The first-order valence-corrected chi connectivity index (χ1v) is 10.6. The lowest BCUT2D eigenvalue weighted by atomic mass is 9.85. The van der Waals surface area contributed by atoms with Crippen molar-refractivity contribution in [1.29, 1.82) is 0 Å². The molecule has 2 aliphatic rings. The van der Waals surface area contributed by atoms with Crippen LogP contribution in [-0.4, -0.2) is 40.7 Å². The fourth-order valence-electron chi connectivity index (χ4n) is 4.30. The van der Waals surface area contributed by atoms with Gasteiger partial charge in [-0.1, -0.05) is 13.3 Å². The Labute approximate surface area is 168 Å². The van der Waals surface area contributed by atoms with Crippen molar-refractivity contribution >= 4 is 17.5 Å². The molecule has 0 aliphatic carbocycles. The third kappa shape index (κ3) is 4.93. The molecule has 1 unspecified atom stereocenters. The zero-order valence-electron chi connectivity index (χ0n) is 17.7. The summed E-state index contributed by atoms with van der Waals surface area (Å²) in [6, 6.07) is 0.267. The van der Waals surface area contributed by atoms with E-state index in [0.29, 0.717) is 24.1 Å². The van der Waals surface area contributed by atoms with E-state index >= 15 is 0 Å². The van der Waals surface area contributed by atoms with Crippen LogP contribution >= 0.6 is 0 Å². The van der Waals surface area contributed by atoms with Crippen LogP contribution in [0.2, 0.25) is 0 Å². The Balaban J connectivity index is 1.64. The number of aromatic nitrogens is 2. The summed E-state index contributed by atoms with van der Waals surface area (Å²) < 4.78 is 11.6. The zero-order valence-corrected chi connectivity index (χ0v) is 17.7. The van der Waals surface area contributed by atoms with Gasteiger partial charge in [-0.15, -0.1) is 0 Å². The van der Waals surface area contributed by atoms with Crippen LogP contribution in [0.25, 0.3) is 0 Å². The molecule has 7 heteroatoms. The highest BCUT2D eigenvalue weighted by Gasteiger charge is 2.33. The molecule has 0 bridgehead atoms. The number of hydrogen-bond acceptors (Lipinski definition) is 6. The topological polar surface area (TPSA) is 90.6 Å². The van der Waals surface area contributed by atoms with E-state index in [1.54, 1.807) is 4.90 Å². The highest BCUT2D eigenvalue weighted by atomic mass is 16.5. The largest absolute Gasteiger partial charge is 0.460 e. The summed E-state index contributed by atoms with van der Waals surface area (Å²) in [5, 5.41) is 0. The fourth-order valence-corrected chi connectivity index (χ4v) is 4.30. The van der Waals surface area contributed by atoms with Gasteiger partial charge in [-0.05, 0) is 58.8 Å². The van der Waals surface area contributed by atoms with E-state index in [1.807, 2.05) is 6.92 Å². The summed E-state index contributed by atoms with van der Waals surface area (Å²) in [6.07, 6.45) is 6.43. The van der Waals surface area contributed by atoms with E-state index in [1.165, 1.54) is 0 Å². The van der Waals surface area contributed by atoms with Crippen molar-refractivity contribution in [3.8, 4) is 6.01 Å². The predicted octanol–water partition coefficient (Wildman–Crippen LogP) is 3.50. The van der Waals surface area contributed by atoms with Gasteiger partial charge in [0.15, 0.2) is 0 Å². The third-order valence-corrected chi connectivity index (χ3v) is 5.68. The zero-order chi connectivity index (χ0) is 20.3. The lowest BCUT2D eigenvalue weighted by Gasteiger charge is -2.35. The molecule has 156 valence electrons. The lowest BCUT2D eigenvalue weighted by molar-refractivity contribution is -0.117. The summed E-state index contributed by atoms with van der Waals surface area (Å²) in [5.41, 5.74) is 6.79. The van der Waals surface area contributed by atoms with Gasteiger partial charge in [-0.2, -0.15) is 9.97 Å². The number of ether oxygens (including phenoxy) is 2. The fraction of sp³-hybridized carbons (Fsp3) is 0.762. The monoisotopic (exact) mass is 390 g/mol. The van der Waals surface area contributed by atoms with Gasteiger partial charge in [0.1, 0.15) is 11.6 Å². The van der Waals surface area contributed by atoms with Gasteiger partial charge < -0.3 is 15.2 Å². The minimum atomic E-state index is -0.0396. The number of nitrogen functional groups attached to an aromatic ring is 1. The molecule has 3 rings (SSSR count). The number of rotatable bonds is 8. The number of carbonyl (C=O) groups excluding carboxylic acids is 1. The molecule has 2 N–H and O–H groups in total. The Hall–Kier alpha value is -1.89. The first-order valence-electron chi connectivity index (χ1n) is 10.6. The minimum Gasteiger partial charge on any atom is -0.460 e. The van der Waals surface area contributed by atoms with E-state index in [0.717, 1.165) is 50.7 Å². The van der Waals surface area contributed by atoms with Crippen molar-refractivity contribution in [1.82, 2.24) is 9.97 Å². The van der Waals surface area contributed by atoms with E-state index < -0.39 is 0 Å². The van der Waals surface area contributed by atoms with Crippen LogP contribution < -0.4 is 15.4 Å². The molecule has 0 aromatic carbocycles. The molecular weight excluding hydrogens is 356 g/mol.